The number of amides is 3. The molecule has 1 fully saturated rings. The van der Waals surface area contributed by atoms with Gasteiger partial charge in [-0.05, 0) is 41.0 Å². The summed E-state index contributed by atoms with van der Waals surface area (Å²) < 4.78 is 0. The Balaban J connectivity index is 1.73. The maximum absolute atomic E-state index is 13.2. The van der Waals surface area contributed by atoms with E-state index in [4.69, 9.17) is 23.2 Å². The molecule has 1 aliphatic heterocycles. The smallest absolute Gasteiger partial charge is 0.319 e. The molecule has 3 aromatic carbocycles. The van der Waals surface area contributed by atoms with Crippen LogP contribution >= 0.6 is 23.2 Å². The summed E-state index contributed by atoms with van der Waals surface area (Å²) in [5, 5.41) is 5.72. The highest BCUT2D eigenvalue weighted by atomic mass is 35.5. The van der Waals surface area contributed by atoms with Crippen LogP contribution in [0.1, 0.15) is 18.1 Å². The molecule has 136 valence electrons. The molecule has 0 aliphatic carbocycles. The van der Waals surface area contributed by atoms with Gasteiger partial charge in [0.2, 0.25) is 0 Å². The predicted octanol–water partition coefficient (Wildman–Crippen LogP) is 5.11. The van der Waals surface area contributed by atoms with Crippen LogP contribution in [0.2, 0.25) is 10.0 Å². The Morgan fingerprint density at radius 2 is 1.74 bits per heavy atom. The van der Waals surface area contributed by atoms with Gasteiger partial charge in [0.05, 0.1) is 6.54 Å². The SMILES string of the molecule is C[C@@]1(c2cccc3ccccc23)NC(=O)N(Cc2ccc(Cl)cc2Cl)C1=O. The van der Waals surface area contributed by atoms with Crippen LogP contribution in [0.3, 0.4) is 0 Å². The van der Waals surface area contributed by atoms with Crippen molar-refractivity contribution in [3.8, 4) is 0 Å². The van der Waals surface area contributed by atoms with E-state index in [-0.39, 0.29) is 12.5 Å². The summed E-state index contributed by atoms with van der Waals surface area (Å²) in [5.41, 5.74) is 0.284. The highest BCUT2D eigenvalue weighted by molar-refractivity contribution is 6.35. The molecule has 1 saturated heterocycles. The Morgan fingerprint density at radius 1 is 1.00 bits per heavy atom. The summed E-state index contributed by atoms with van der Waals surface area (Å²) in [7, 11) is 0. The second-order valence-electron chi connectivity index (χ2n) is 6.71. The van der Waals surface area contributed by atoms with Crippen LogP contribution in [-0.2, 0) is 16.9 Å². The lowest BCUT2D eigenvalue weighted by Gasteiger charge is -2.24. The van der Waals surface area contributed by atoms with Crippen molar-refractivity contribution in [2.24, 2.45) is 0 Å². The first kappa shape index (κ1) is 17.8. The van der Waals surface area contributed by atoms with Gasteiger partial charge in [-0.25, -0.2) is 4.79 Å². The van der Waals surface area contributed by atoms with Gasteiger partial charge in [-0.2, -0.15) is 0 Å². The van der Waals surface area contributed by atoms with Crippen molar-refractivity contribution in [3.63, 3.8) is 0 Å². The van der Waals surface area contributed by atoms with Crippen molar-refractivity contribution in [2.75, 3.05) is 0 Å². The van der Waals surface area contributed by atoms with Crippen molar-refractivity contribution in [3.05, 3.63) is 81.8 Å². The van der Waals surface area contributed by atoms with Crippen molar-refractivity contribution in [2.45, 2.75) is 19.0 Å². The molecule has 27 heavy (non-hydrogen) atoms. The Morgan fingerprint density at radius 3 is 2.52 bits per heavy atom. The molecule has 0 spiro atoms. The van der Waals surface area contributed by atoms with Gasteiger partial charge < -0.3 is 5.32 Å². The van der Waals surface area contributed by atoms with Crippen LogP contribution < -0.4 is 5.32 Å². The Hall–Kier alpha value is -2.56. The van der Waals surface area contributed by atoms with Gasteiger partial charge in [0, 0.05) is 10.0 Å². The summed E-state index contributed by atoms with van der Waals surface area (Å²) in [6, 6.07) is 18.1. The molecule has 0 aromatic heterocycles. The number of urea groups is 1. The minimum Gasteiger partial charge on any atom is -0.319 e. The molecule has 0 radical (unpaired) electrons. The molecular weight excluding hydrogens is 383 g/mol. The van der Waals surface area contributed by atoms with E-state index in [1.807, 2.05) is 42.5 Å². The number of rotatable bonds is 3. The summed E-state index contributed by atoms with van der Waals surface area (Å²) in [6.45, 7) is 1.82. The lowest BCUT2D eigenvalue weighted by Crippen LogP contribution is -2.41. The zero-order valence-corrected chi connectivity index (χ0v) is 16.0. The largest absolute Gasteiger partial charge is 0.325 e. The minimum absolute atomic E-state index is 0.0844. The van der Waals surface area contributed by atoms with Crippen LogP contribution in [0.15, 0.2) is 60.7 Å². The molecule has 4 rings (SSSR count). The Labute approximate surface area is 166 Å². The third-order valence-electron chi connectivity index (χ3n) is 4.95. The fraction of sp³-hybridized carbons (Fsp3) is 0.143. The molecule has 1 heterocycles. The number of hydrogen-bond donors (Lipinski definition) is 1. The van der Waals surface area contributed by atoms with E-state index in [2.05, 4.69) is 5.32 Å². The maximum atomic E-state index is 13.2. The lowest BCUT2D eigenvalue weighted by atomic mass is 9.88. The second kappa shape index (κ2) is 6.55. The number of carbonyl (C=O) groups is 2. The molecule has 0 saturated carbocycles. The number of hydrogen-bond acceptors (Lipinski definition) is 2. The number of benzene rings is 3. The normalized spacial score (nSPS) is 19.6. The van der Waals surface area contributed by atoms with E-state index in [1.165, 1.54) is 4.90 Å². The van der Waals surface area contributed by atoms with Gasteiger partial charge >= 0.3 is 6.03 Å². The van der Waals surface area contributed by atoms with Crippen molar-refractivity contribution in [1.29, 1.82) is 0 Å². The number of nitrogens with zero attached hydrogens (tertiary/aromatic N) is 1. The van der Waals surface area contributed by atoms with Gasteiger partial charge in [-0.15, -0.1) is 0 Å². The van der Waals surface area contributed by atoms with Crippen LogP contribution in [0, 0.1) is 0 Å². The van der Waals surface area contributed by atoms with Crippen LogP contribution in [0.5, 0.6) is 0 Å². The van der Waals surface area contributed by atoms with Gasteiger partial charge in [0.1, 0.15) is 5.54 Å². The standard InChI is InChI=1S/C21H16Cl2N2O2/c1-21(17-8-4-6-13-5-2-3-7-16(13)17)19(26)25(20(27)24-21)12-14-9-10-15(22)11-18(14)23/h2-11H,12H2,1H3,(H,24,27)/t21-/m0/s1. The minimum atomic E-state index is -1.14. The Bertz CT molecular complexity index is 1080. The van der Waals surface area contributed by atoms with Crippen LogP contribution in [0.25, 0.3) is 10.8 Å². The third kappa shape index (κ3) is 2.95. The lowest BCUT2D eigenvalue weighted by molar-refractivity contribution is -0.131. The molecule has 1 atom stereocenters. The van der Waals surface area contributed by atoms with Gasteiger partial charge in [0.25, 0.3) is 5.91 Å². The molecule has 4 nitrogen and oxygen atoms in total. The maximum Gasteiger partial charge on any atom is 0.325 e. The molecule has 0 bridgehead atoms. The first-order chi connectivity index (χ1) is 12.9. The highest BCUT2D eigenvalue weighted by Gasteiger charge is 2.49. The van der Waals surface area contributed by atoms with E-state index >= 15 is 0 Å². The molecule has 6 heteroatoms. The van der Waals surface area contributed by atoms with E-state index in [9.17, 15) is 9.59 Å². The van der Waals surface area contributed by atoms with E-state index in [0.29, 0.717) is 15.6 Å². The first-order valence-electron chi connectivity index (χ1n) is 8.46. The number of halogens is 2. The topological polar surface area (TPSA) is 49.4 Å². The van der Waals surface area contributed by atoms with Crippen LogP contribution in [0.4, 0.5) is 4.79 Å². The van der Waals surface area contributed by atoms with E-state index in [0.717, 1.165) is 16.3 Å². The predicted molar refractivity (Wildman–Crippen MR) is 107 cm³/mol. The van der Waals surface area contributed by atoms with Crippen LogP contribution in [-0.4, -0.2) is 16.8 Å². The quantitative estimate of drug-likeness (QED) is 0.622. The van der Waals surface area contributed by atoms with Crippen molar-refractivity contribution >= 4 is 45.9 Å². The summed E-state index contributed by atoms with van der Waals surface area (Å²) >= 11 is 12.1. The fourth-order valence-electron chi connectivity index (χ4n) is 3.50. The number of fused-ring (bicyclic) bond motifs is 1. The highest BCUT2D eigenvalue weighted by Crippen LogP contribution is 2.35. The zero-order chi connectivity index (χ0) is 19.2. The fourth-order valence-corrected chi connectivity index (χ4v) is 3.97. The molecule has 3 aromatic rings. The molecule has 0 unspecified atom stereocenters. The van der Waals surface area contributed by atoms with Crippen molar-refractivity contribution < 1.29 is 9.59 Å². The Kier molecular flexibility index (Phi) is 4.33. The average Bonchev–Trinajstić information content (AvgIpc) is 2.87. The summed E-state index contributed by atoms with van der Waals surface area (Å²) in [5.74, 6) is -0.310. The zero-order valence-electron chi connectivity index (χ0n) is 14.5. The third-order valence-corrected chi connectivity index (χ3v) is 5.53. The summed E-state index contributed by atoms with van der Waals surface area (Å²) in [4.78, 5) is 27.0. The van der Waals surface area contributed by atoms with E-state index in [1.54, 1.807) is 25.1 Å². The average molecular weight is 399 g/mol. The molecular formula is C21H16Cl2N2O2. The van der Waals surface area contributed by atoms with Crippen molar-refractivity contribution in [1.82, 2.24) is 10.2 Å². The first-order valence-corrected chi connectivity index (χ1v) is 9.22. The monoisotopic (exact) mass is 398 g/mol. The van der Waals surface area contributed by atoms with E-state index < -0.39 is 11.6 Å². The number of imide groups is 1. The summed E-state index contributed by atoms with van der Waals surface area (Å²) in [6.07, 6.45) is 0. The molecule has 1 aliphatic rings. The number of nitrogens with one attached hydrogen (secondary N) is 1. The molecule has 1 N–H and O–H groups in total. The number of carbonyl (C=O) groups excluding carboxylic acids is 2. The second-order valence-corrected chi connectivity index (χ2v) is 7.55. The van der Waals surface area contributed by atoms with Gasteiger partial charge in [0.15, 0.2) is 0 Å². The molecule has 3 amide bonds. The van der Waals surface area contributed by atoms with Gasteiger partial charge in [-0.3, -0.25) is 9.69 Å². The van der Waals surface area contributed by atoms with Gasteiger partial charge in [-0.1, -0.05) is 71.7 Å².